The quantitative estimate of drug-likeness (QED) is 0.182. The molecular formula is C22H19BrF2INO2. The number of hydrogen-bond acceptors (Lipinski definition) is 3. The second-order valence-electron chi connectivity index (χ2n) is 6.37. The molecule has 0 unspecified atom stereocenters. The zero-order chi connectivity index (χ0) is 21.0. The third-order valence-electron chi connectivity index (χ3n) is 4.47. The summed E-state index contributed by atoms with van der Waals surface area (Å²) in [4.78, 5) is 1.69. The van der Waals surface area contributed by atoms with Gasteiger partial charge in [-0.25, -0.2) is 8.78 Å². The van der Waals surface area contributed by atoms with Crippen LogP contribution in [-0.4, -0.2) is 14.2 Å². The van der Waals surface area contributed by atoms with Gasteiger partial charge in [0, 0.05) is 16.7 Å². The SMILES string of the molecule is COc1ccc(CN(Cc2ccc(OC)cc2)c2c(F)cc(I)c(Br)c2F)cc1. The molecule has 29 heavy (non-hydrogen) atoms. The van der Waals surface area contributed by atoms with E-state index >= 15 is 4.39 Å². The highest BCUT2D eigenvalue weighted by molar-refractivity contribution is 14.1. The van der Waals surface area contributed by atoms with E-state index in [1.165, 1.54) is 6.07 Å². The van der Waals surface area contributed by atoms with E-state index in [-0.39, 0.29) is 10.2 Å². The van der Waals surface area contributed by atoms with Crippen LogP contribution in [0.5, 0.6) is 11.5 Å². The van der Waals surface area contributed by atoms with Gasteiger partial charge < -0.3 is 14.4 Å². The first-order chi connectivity index (χ1) is 13.9. The maximum Gasteiger partial charge on any atom is 0.164 e. The van der Waals surface area contributed by atoms with Gasteiger partial charge in [0.25, 0.3) is 0 Å². The second kappa shape index (κ2) is 9.75. The fourth-order valence-corrected chi connectivity index (χ4v) is 3.78. The lowest BCUT2D eigenvalue weighted by Gasteiger charge is -2.27. The predicted molar refractivity (Wildman–Crippen MR) is 123 cm³/mol. The summed E-state index contributed by atoms with van der Waals surface area (Å²) in [5, 5.41) is 0. The summed E-state index contributed by atoms with van der Waals surface area (Å²) in [7, 11) is 3.19. The number of benzene rings is 3. The van der Waals surface area contributed by atoms with Crippen molar-refractivity contribution in [3.8, 4) is 11.5 Å². The maximum atomic E-state index is 15.0. The highest BCUT2D eigenvalue weighted by Crippen LogP contribution is 2.35. The first-order valence-electron chi connectivity index (χ1n) is 8.76. The molecule has 3 aromatic rings. The van der Waals surface area contributed by atoms with Gasteiger partial charge in [-0.15, -0.1) is 0 Å². The molecule has 0 radical (unpaired) electrons. The third kappa shape index (κ3) is 5.19. The highest BCUT2D eigenvalue weighted by atomic mass is 127. The van der Waals surface area contributed by atoms with Gasteiger partial charge in [-0.2, -0.15) is 0 Å². The van der Waals surface area contributed by atoms with Crippen LogP contribution in [0.2, 0.25) is 0 Å². The molecule has 0 saturated carbocycles. The summed E-state index contributed by atoms with van der Waals surface area (Å²) in [6.45, 7) is 0.661. The van der Waals surface area contributed by atoms with Gasteiger partial charge in [0.1, 0.15) is 17.2 Å². The molecule has 0 aliphatic carbocycles. The monoisotopic (exact) mass is 573 g/mol. The van der Waals surface area contributed by atoms with E-state index in [0.717, 1.165) is 22.6 Å². The van der Waals surface area contributed by atoms with Gasteiger partial charge in [0.05, 0.1) is 18.7 Å². The van der Waals surface area contributed by atoms with Crippen LogP contribution in [0.1, 0.15) is 11.1 Å². The summed E-state index contributed by atoms with van der Waals surface area (Å²) >= 11 is 5.14. The lowest BCUT2D eigenvalue weighted by Crippen LogP contribution is -2.24. The molecule has 0 fully saturated rings. The molecule has 0 aliphatic rings. The van der Waals surface area contributed by atoms with Crippen LogP contribution in [0.4, 0.5) is 14.5 Å². The van der Waals surface area contributed by atoms with Crippen LogP contribution in [0.25, 0.3) is 0 Å². The molecule has 3 nitrogen and oxygen atoms in total. The Morgan fingerprint density at radius 2 is 1.31 bits per heavy atom. The molecule has 0 bridgehead atoms. The van der Waals surface area contributed by atoms with Crippen molar-refractivity contribution < 1.29 is 18.3 Å². The Balaban J connectivity index is 1.99. The predicted octanol–water partition coefficient (Wildman–Crippen LogP) is 6.56. The van der Waals surface area contributed by atoms with Crippen molar-refractivity contribution in [2.24, 2.45) is 0 Å². The number of halogens is 4. The van der Waals surface area contributed by atoms with Crippen molar-refractivity contribution in [2.75, 3.05) is 19.1 Å². The highest BCUT2D eigenvalue weighted by Gasteiger charge is 2.22. The largest absolute Gasteiger partial charge is 0.497 e. The Morgan fingerprint density at radius 3 is 1.72 bits per heavy atom. The van der Waals surface area contributed by atoms with Crippen molar-refractivity contribution >= 4 is 44.2 Å². The van der Waals surface area contributed by atoms with E-state index in [2.05, 4.69) is 15.9 Å². The Morgan fingerprint density at radius 1 is 0.862 bits per heavy atom. The number of nitrogens with zero attached hydrogens (tertiary/aromatic N) is 1. The van der Waals surface area contributed by atoms with Crippen molar-refractivity contribution in [2.45, 2.75) is 13.1 Å². The van der Waals surface area contributed by atoms with Crippen molar-refractivity contribution in [3.63, 3.8) is 0 Å². The maximum absolute atomic E-state index is 15.0. The van der Waals surface area contributed by atoms with Gasteiger partial charge in [0.15, 0.2) is 11.6 Å². The minimum atomic E-state index is -0.614. The molecule has 0 atom stereocenters. The van der Waals surface area contributed by atoms with Crippen LogP contribution in [0.3, 0.4) is 0 Å². The van der Waals surface area contributed by atoms with Crippen molar-refractivity contribution in [1.29, 1.82) is 0 Å². The number of anilines is 1. The van der Waals surface area contributed by atoms with Gasteiger partial charge >= 0.3 is 0 Å². The van der Waals surface area contributed by atoms with E-state index in [1.54, 1.807) is 19.1 Å². The van der Waals surface area contributed by atoms with Gasteiger partial charge in [0.2, 0.25) is 0 Å². The van der Waals surface area contributed by atoms with Gasteiger partial charge in [-0.1, -0.05) is 24.3 Å². The topological polar surface area (TPSA) is 21.7 Å². The number of ether oxygens (including phenoxy) is 2. The van der Waals surface area contributed by atoms with Crippen LogP contribution in [0.15, 0.2) is 59.1 Å². The van der Waals surface area contributed by atoms with E-state index in [4.69, 9.17) is 9.47 Å². The van der Waals surface area contributed by atoms with E-state index in [9.17, 15) is 4.39 Å². The first kappa shape index (κ1) is 21.8. The molecule has 0 spiro atoms. The van der Waals surface area contributed by atoms with Crippen molar-refractivity contribution in [3.05, 3.63) is 85.4 Å². The molecule has 0 amide bonds. The molecule has 0 aromatic heterocycles. The molecule has 152 valence electrons. The molecular weight excluding hydrogens is 555 g/mol. The number of hydrogen-bond donors (Lipinski definition) is 0. The van der Waals surface area contributed by atoms with E-state index < -0.39 is 11.6 Å². The van der Waals surface area contributed by atoms with Crippen LogP contribution in [0, 0.1) is 15.2 Å². The lowest BCUT2D eigenvalue weighted by atomic mass is 10.1. The van der Waals surface area contributed by atoms with Crippen LogP contribution < -0.4 is 14.4 Å². The Bertz CT molecular complexity index is 932. The van der Waals surface area contributed by atoms with Crippen LogP contribution >= 0.6 is 38.5 Å². The smallest absolute Gasteiger partial charge is 0.164 e. The second-order valence-corrected chi connectivity index (χ2v) is 8.32. The molecule has 3 aromatic carbocycles. The van der Waals surface area contributed by atoms with Crippen molar-refractivity contribution in [1.82, 2.24) is 0 Å². The molecule has 3 rings (SSSR count). The molecule has 0 saturated heterocycles. The number of rotatable bonds is 7. The van der Waals surface area contributed by atoms with E-state index in [1.807, 2.05) is 71.1 Å². The number of methoxy groups -OCH3 is 2. The molecule has 0 N–H and O–H groups in total. The minimum Gasteiger partial charge on any atom is -0.497 e. The summed E-state index contributed by atoms with van der Waals surface area (Å²) in [5.74, 6) is 0.239. The average Bonchev–Trinajstić information content (AvgIpc) is 2.73. The standard InChI is InChI=1S/C22H19BrF2INO2/c1-28-16-7-3-14(4-8-16)12-27(13-15-5-9-17(29-2)10-6-15)22-18(24)11-19(26)20(23)21(22)25/h3-11H,12-13H2,1-2H3. The zero-order valence-corrected chi connectivity index (χ0v) is 19.6. The normalized spacial score (nSPS) is 10.7. The minimum absolute atomic E-state index is 0.0658. The molecule has 0 aliphatic heterocycles. The Labute approximate surface area is 190 Å². The lowest BCUT2D eigenvalue weighted by molar-refractivity contribution is 0.414. The average molecular weight is 574 g/mol. The summed E-state index contributed by atoms with van der Waals surface area (Å²) in [6.07, 6.45) is 0. The van der Waals surface area contributed by atoms with Gasteiger partial charge in [-0.3, -0.25) is 0 Å². The fraction of sp³-hybridized carbons (Fsp3) is 0.182. The Kier molecular flexibility index (Phi) is 7.34. The summed E-state index contributed by atoms with van der Waals surface area (Å²) in [5.41, 5.74) is 1.75. The zero-order valence-electron chi connectivity index (χ0n) is 15.9. The van der Waals surface area contributed by atoms with E-state index in [0.29, 0.717) is 16.7 Å². The summed E-state index contributed by atoms with van der Waals surface area (Å²) in [6, 6.07) is 16.2. The third-order valence-corrected chi connectivity index (χ3v) is 6.84. The Hall–Kier alpha value is -1.87. The van der Waals surface area contributed by atoms with Gasteiger partial charge in [-0.05, 0) is 80.0 Å². The molecule has 0 heterocycles. The van der Waals surface area contributed by atoms with Crippen LogP contribution in [-0.2, 0) is 13.1 Å². The fourth-order valence-electron chi connectivity index (χ4n) is 2.96. The first-order valence-corrected chi connectivity index (χ1v) is 10.6. The molecule has 7 heteroatoms. The summed E-state index contributed by atoms with van der Waals surface area (Å²) < 4.78 is 41.0.